The van der Waals surface area contributed by atoms with Crippen LogP contribution in [0.1, 0.15) is 52.1 Å². The van der Waals surface area contributed by atoms with Crippen LogP contribution in [0, 0.1) is 0 Å². The van der Waals surface area contributed by atoms with E-state index >= 15 is 0 Å². The molecule has 1 aromatic heterocycles. The first-order chi connectivity index (χ1) is 9.40. The number of hydrogen-bond acceptors (Lipinski definition) is 5. The minimum Gasteiger partial charge on any atom is -0.429 e. The Morgan fingerprint density at radius 3 is 2.29 bits per heavy atom. The highest BCUT2D eigenvalue weighted by Gasteiger charge is 2.28. The Morgan fingerprint density at radius 2 is 1.86 bits per heavy atom. The Labute approximate surface area is 138 Å². The van der Waals surface area contributed by atoms with Crippen LogP contribution in [0.5, 0.6) is 5.95 Å². The van der Waals surface area contributed by atoms with Crippen LogP contribution in [0.3, 0.4) is 0 Å². The molecule has 21 heavy (non-hydrogen) atoms. The third-order valence-electron chi connectivity index (χ3n) is 2.34. The van der Waals surface area contributed by atoms with Crippen molar-refractivity contribution in [1.82, 2.24) is 4.98 Å². The lowest BCUT2D eigenvalue weighted by atomic mass is 9.97. The van der Waals surface area contributed by atoms with Gasteiger partial charge in [-0.1, -0.05) is 69.4 Å². The number of aromatic nitrogens is 1. The number of carbonyl (C=O) groups is 1. The number of rotatable bonds is 3. The second-order valence-electron chi connectivity index (χ2n) is 5.85. The molecule has 8 heteroatoms. The van der Waals surface area contributed by atoms with Crippen molar-refractivity contribution in [3.05, 3.63) is 11.6 Å². The van der Waals surface area contributed by atoms with Crippen molar-refractivity contribution in [1.29, 1.82) is 0 Å². The topological polar surface area (TPSA) is 61.6 Å². The highest BCUT2D eigenvalue weighted by molar-refractivity contribution is 6.67. The molecule has 0 fully saturated rings. The number of nitrogens with zero attached hydrogens (tertiary/aromatic N) is 1. The minimum absolute atomic E-state index is 0.00393. The molecule has 0 spiro atoms. The molecule has 0 atom stereocenters. The Bertz CT molecular complexity index is 500. The summed E-state index contributed by atoms with van der Waals surface area (Å²) >= 11 is 16.5. The predicted octanol–water partition coefficient (Wildman–Crippen LogP) is 4.98. The molecule has 0 bridgehead atoms. The molecule has 120 valence electrons. The molecule has 0 saturated carbocycles. The third-order valence-corrected chi connectivity index (χ3v) is 2.67. The van der Waals surface area contributed by atoms with Crippen LogP contribution in [0.25, 0.3) is 0 Å². The average molecular weight is 359 g/mol. The van der Waals surface area contributed by atoms with E-state index < -0.39 is 16.6 Å². The summed E-state index contributed by atoms with van der Waals surface area (Å²) in [5, 5.41) is 0. The standard InChI is InChI=1S/C13H18Cl3NO4/c1-7(2)8-9(20-10(17-8)12(3,4)5)21-11(18)19-6-13(14,15)16/h7H,6H2,1-5H3. The molecule has 0 aliphatic rings. The molecule has 0 N–H and O–H groups in total. The maximum Gasteiger partial charge on any atom is 0.516 e. The van der Waals surface area contributed by atoms with Crippen molar-refractivity contribution < 1.29 is 18.7 Å². The van der Waals surface area contributed by atoms with Crippen LogP contribution < -0.4 is 4.74 Å². The van der Waals surface area contributed by atoms with Gasteiger partial charge in [0.1, 0.15) is 12.3 Å². The van der Waals surface area contributed by atoms with Gasteiger partial charge < -0.3 is 13.9 Å². The van der Waals surface area contributed by atoms with E-state index in [0.717, 1.165) is 0 Å². The van der Waals surface area contributed by atoms with Gasteiger partial charge in [0, 0.05) is 11.3 Å². The van der Waals surface area contributed by atoms with E-state index in [1.165, 1.54) is 0 Å². The first kappa shape index (κ1) is 18.4. The molecule has 1 heterocycles. The molecule has 0 amide bonds. The molecular formula is C13H18Cl3NO4. The highest BCUT2D eigenvalue weighted by atomic mass is 35.6. The molecule has 0 unspecified atom stereocenters. The summed E-state index contributed by atoms with van der Waals surface area (Å²) in [7, 11) is 0. The van der Waals surface area contributed by atoms with Gasteiger partial charge in [-0.05, 0) is 0 Å². The van der Waals surface area contributed by atoms with E-state index in [1.54, 1.807) is 0 Å². The summed E-state index contributed by atoms with van der Waals surface area (Å²) in [5.41, 5.74) is 0.220. The van der Waals surface area contributed by atoms with E-state index in [0.29, 0.717) is 11.6 Å². The number of halogens is 3. The van der Waals surface area contributed by atoms with Crippen LogP contribution in [-0.2, 0) is 10.2 Å². The van der Waals surface area contributed by atoms with Gasteiger partial charge >= 0.3 is 12.1 Å². The lowest BCUT2D eigenvalue weighted by Crippen LogP contribution is -2.20. The molecule has 1 rings (SSSR count). The fourth-order valence-electron chi connectivity index (χ4n) is 1.32. The quantitative estimate of drug-likeness (QED) is 0.563. The zero-order valence-electron chi connectivity index (χ0n) is 12.5. The summed E-state index contributed by atoms with van der Waals surface area (Å²) in [6.07, 6.45) is -1.01. The Balaban J connectivity index is 2.87. The van der Waals surface area contributed by atoms with Gasteiger partial charge in [0.25, 0.3) is 0 Å². The largest absolute Gasteiger partial charge is 0.516 e. The zero-order chi connectivity index (χ0) is 16.4. The molecular weight excluding hydrogens is 341 g/mol. The third kappa shape index (κ3) is 5.93. The molecule has 5 nitrogen and oxygen atoms in total. The van der Waals surface area contributed by atoms with E-state index in [2.05, 4.69) is 4.98 Å². The molecule has 1 aromatic rings. The molecule has 0 aromatic carbocycles. The normalized spacial score (nSPS) is 12.6. The van der Waals surface area contributed by atoms with Gasteiger partial charge in [-0.15, -0.1) is 0 Å². The van der Waals surface area contributed by atoms with Crippen molar-refractivity contribution in [2.75, 3.05) is 6.61 Å². The predicted molar refractivity (Wildman–Crippen MR) is 81.6 cm³/mol. The maximum absolute atomic E-state index is 11.6. The smallest absolute Gasteiger partial charge is 0.429 e. The summed E-state index contributed by atoms with van der Waals surface area (Å²) < 4.78 is 13.5. The van der Waals surface area contributed by atoms with Gasteiger partial charge in [0.15, 0.2) is 0 Å². The number of alkyl halides is 3. The fourth-order valence-corrected chi connectivity index (χ4v) is 1.49. The van der Waals surface area contributed by atoms with Crippen LogP contribution >= 0.6 is 34.8 Å². The van der Waals surface area contributed by atoms with Crippen molar-refractivity contribution in [3.8, 4) is 5.95 Å². The van der Waals surface area contributed by atoms with Gasteiger partial charge in [0.05, 0.1) is 0 Å². The van der Waals surface area contributed by atoms with E-state index in [1.807, 2.05) is 34.6 Å². The van der Waals surface area contributed by atoms with Crippen molar-refractivity contribution in [3.63, 3.8) is 0 Å². The zero-order valence-corrected chi connectivity index (χ0v) is 14.8. The summed E-state index contributed by atoms with van der Waals surface area (Å²) in [4.78, 5) is 16.0. The molecule has 0 aliphatic carbocycles. The van der Waals surface area contributed by atoms with Crippen LogP contribution in [-0.4, -0.2) is 21.5 Å². The van der Waals surface area contributed by atoms with Crippen molar-refractivity contribution in [2.45, 2.75) is 49.7 Å². The van der Waals surface area contributed by atoms with Gasteiger partial charge in [0.2, 0.25) is 9.68 Å². The molecule has 0 saturated heterocycles. The Hall–Kier alpha value is -0.650. The van der Waals surface area contributed by atoms with E-state index in [4.69, 9.17) is 48.7 Å². The summed E-state index contributed by atoms with van der Waals surface area (Å²) in [5.74, 6) is 0.487. The summed E-state index contributed by atoms with van der Waals surface area (Å²) in [6, 6.07) is 0. The van der Waals surface area contributed by atoms with Crippen LogP contribution in [0.15, 0.2) is 4.42 Å². The lowest BCUT2D eigenvalue weighted by Gasteiger charge is -2.12. The van der Waals surface area contributed by atoms with E-state index in [9.17, 15) is 4.79 Å². The second kappa shape index (κ2) is 6.63. The average Bonchev–Trinajstić information content (AvgIpc) is 2.69. The number of carbonyl (C=O) groups excluding carboxylic acids is 1. The lowest BCUT2D eigenvalue weighted by molar-refractivity contribution is 0.0900. The van der Waals surface area contributed by atoms with Crippen LogP contribution in [0.2, 0.25) is 0 Å². The SMILES string of the molecule is CC(C)c1nc(C(C)(C)C)oc1OC(=O)OCC(Cl)(Cl)Cl. The molecule has 0 aliphatic heterocycles. The monoisotopic (exact) mass is 357 g/mol. The molecule has 0 radical (unpaired) electrons. The number of ether oxygens (including phenoxy) is 2. The fraction of sp³-hybridized carbons (Fsp3) is 0.692. The first-order valence-corrected chi connectivity index (χ1v) is 7.46. The van der Waals surface area contributed by atoms with Gasteiger partial charge in [-0.25, -0.2) is 9.78 Å². The van der Waals surface area contributed by atoms with E-state index in [-0.39, 0.29) is 17.3 Å². The summed E-state index contributed by atoms with van der Waals surface area (Å²) in [6.45, 7) is 9.21. The Morgan fingerprint density at radius 1 is 1.29 bits per heavy atom. The highest BCUT2D eigenvalue weighted by Crippen LogP contribution is 2.33. The minimum atomic E-state index is -1.70. The Kier molecular flexibility index (Phi) is 5.81. The van der Waals surface area contributed by atoms with Crippen molar-refractivity contribution in [2.24, 2.45) is 0 Å². The van der Waals surface area contributed by atoms with Gasteiger partial charge in [-0.2, -0.15) is 0 Å². The van der Waals surface area contributed by atoms with Crippen LogP contribution in [0.4, 0.5) is 4.79 Å². The maximum atomic E-state index is 11.6. The first-order valence-electron chi connectivity index (χ1n) is 6.32. The number of hydrogen-bond donors (Lipinski definition) is 0. The number of oxazole rings is 1. The second-order valence-corrected chi connectivity index (χ2v) is 8.37. The van der Waals surface area contributed by atoms with Crippen molar-refractivity contribution >= 4 is 41.0 Å². The van der Waals surface area contributed by atoms with Gasteiger partial charge in [-0.3, -0.25) is 0 Å².